The van der Waals surface area contributed by atoms with E-state index in [0.29, 0.717) is 10.00 Å². The van der Waals surface area contributed by atoms with Crippen molar-refractivity contribution in [1.29, 1.82) is 0 Å². The molecule has 1 saturated carbocycles. The Morgan fingerprint density at radius 3 is 2.78 bits per heavy atom. The number of nitrogens with one attached hydrogen (secondary N) is 1. The van der Waals surface area contributed by atoms with Crippen molar-refractivity contribution >= 4 is 28.7 Å². The number of amidine groups is 1. The molecule has 1 heterocycles. The van der Waals surface area contributed by atoms with Crippen LogP contribution in [0.2, 0.25) is 0 Å². The molecule has 104 valence electrons. The third-order valence-corrected chi connectivity index (χ3v) is 6.55. The topological polar surface area (TPSA) is 24.4 Å². The summed E-state index contributed by atoms with van der Waals surface area (Å²) in [7, 11) is 0. The predicted octanol–water partition coefficient (Wildman–Crippen LogP) is 3.77. The van der Waals surface area contributed by atoms with E-state index < -0.39 is 0 Å². The third kappa shape index (κ3) is 3.83. The smallest absolute Gasteiger partial charge is 0.156 e. The van der Waals surface area contributed by atoms with Crippen LogP contribution in [0, 0.1) is 5.92 Å². The van der Waals surface area contributed by atoms with Gasteiger partial charge in [0.05, 0.1) is 6.54 Å². The van der Waals surface area contributed by atoms with Gasteiger partial charge in [0.15, 0.2) is 5.17 Å². The standard InChI is InChI=1S/C14H26N2S2/c1-11(2)8-12-9-15-13(18-12)16-10-14(17-3)6-4-5-7-14/h11-12H,4-10H2,1-3H3,(H,15,16). The molecular weight excluding hydrogens is 260 g/mol. The molecule has 0 aromatic heterocycles. The van der Waals surface area contributed by atoms with Crippen LogP contribution in [-0.4, -0.2) is 34.5 Å². The van der Waals surface area contributed by atoms with Gasteiger partial charge in [0.25, 0.3) is 0 Å². The van der Waals surface area contributed by atoms with E-state index in [-0.39, 0.29) is 0 Å². The minimum atomic E-state index is 0.485. The second-order valence-corrected chi connectivity index (χ2v) is 8.53. The number of hydrogen-bond acceptors (Lipinski definition) is 4. The summed E-state index contributed by atoms with van der Waals surface area (Å²) in [4.78, 5) is 4.66. The van der Waals surface area contributed by atoms with Gasteiger partial charge in [-0.05, 0) is 31.4 Å². The first-order valence-electron chi connectivity index (χ1n) is 7.14. The Hall–Kier alpha value is 0.170. The van der Waals surface area contributed by atoms with E-state index in [0.717, 1.165) is 19.0 Å². The fourth-order valence-corrected chi connectivity index (χ4v) is 5.04. The molecule has 18 heavy (non-hydrogen) atoms. The summed E-state index contributed by atoms with van der Waals surface area (Å²) in [6.45, 7) is 6.71. The molecule has 2 aliphatic rings. The molecular formula is C14H26N2S2. The van der Waals surface area contributed by atoms with Crippen LogP contribution < -0.4 is 5.32 Å². The Kier molecular flexibility index (Phi) is 5.31. The molecule has 4 heteroatoms. The van der Waals surface area contributed by atoms with Crippen LogP contribution in [-0.2, 0) is 0 Å². The van der Waals surface area contributed by atoms with E-state index in [2.05, 4.69) is 30.4 Å². The Labute approximate surface area is 120 Å². The van der Waals surface area contributed by atoms with E-state index >= 15 is 0 Å². The largest absolute Gasteiger partial charge is 0.364 e. The van der Waals surface area contributed by atoms with Gasteiger partial charge in [-0.2, -0.15) is 11.8 Å². The Morgan fingerprint density at radius 1 is 1.44 bits per heavy atom. The van der Waals surface area contributed by atoms with Gasteiger partial charge in [0, 0.05) is 16.5 Å². The highest BCUT2D eigenvalue weighted by Crippen LogP contribution is 2.39. The Balaban J connectivity index is 1.74. The first kappa shape index (κ1) is 14.6. The lowest BCUT2D eigenvalue weighted by atomic mass is 10.1. The lowest BCUT2D eigenvalue weighted by molar-refractivity contribution is 0.575. The summed E-state index contributed by atoms with van der Waals surface area (Å²) in [6.07, 6.45) is 9.09. The zero-order chi connectivity index (χ0) is 13.0. The molecule has 2 nitrogen and oxygen atoms in total. The van der Waals surface area contributed by atoms with E-state index in [1.54, 1.807) is 0 Å². The molecule has 0 radical (unpaired) electrons. The van der Waals surface area contributed by atoms with Crippen molar-refractivity contribution in [2.75, 3.05) is 19.3 Å². The molecule has 0 bridgehead atoms. The Bertz CT molecular complexity index is 296. The fraction of sp³-hybridized carbons (Fsp3) is 0.929. The highest BCUT2D eigenvalue weighted by molar-refractivity contribution is 8.14. The van der Waals surface area contributed by atoms with Crippen LogP contribution in [0.15, 0.2) is 4.99 Å². The van der Waals surface area contributed by atoms with E-state index in [9.17, 15) is 0 Å². The molecule has 1 fully saturated rings. The van der Waals surface area contributed by atoms with Crippen LogP contribution in [0.4, 0.5) is 0 Å². The van der Waals surface area contributed by atoms with Gasteiger partial charge in [0.1, 0.15) is 0 Å². The average Bonchev–Trinajstić information content (AvgIpc) is 2.95. The molecule has 0 amide bonds. The van der Waals surface area contributed by atoms with Gasteiger partial charge in [-0.1, -0.05) is 38.5 Å². The van der Waals surface area contributed by atoms with E-state index in [1.807, 2.05) is 23.5 Å². The maximum Gasteiger partial charge on any atom is 0.156 e. The number of nitrogens with zero attached hydrogens (tertiary/aromatic N) is 1. The molecule has 1 aliphatic carbocycles. The summed E-state index contributed by atoms with van der Waals surface area (Å²) in [5.41, 5.74) is 0. The molecule has 0 spiro atoms. The van der Waals surface area contributed by atoms with Crippen LogP contribution in [0.1, 0.15) is 46.0 Å². The normalized spacial score (nSPS) is 26.7. The average molecular weight is 287 g/mol. The van der Waals surface area contributed by atoms with Gasteiger partial charge in [-0.25, -0.2) is 0 Å². The summed E-state index contributed by atoms with van der Waals surface area (Å²) in [5, 5.41) is 5.52. The summed E-state index contributed by atoms with van der Waals surface area (Å²) < 4.78 is 0.485. The first-order chi connectivity index (χ1) is 8.63. The fourth-order valence-electron chi connectivity index (χ4n) is 2.87. The minimum Gasteiger partial charge on any atom is -0.364 e. The molecule has 1 N–H and O–H groups in total. The molecule has 1 aliphatic heterocycles. The molecule has 1 atom stereocenters. The Morgan fingerprint density at radius 2 is 2.17 bits per heavy atom. The van der Waals surface area contributed by atoms with Crippen molar-refractivity contribution in [2.24, 2.45) is 10.9 Å². The quantitative estimate of drug-likeness (QED) is 0.832. The second-order valence-electron chi connectivity index (χ2n) is 5.96. The van der Waals surface area contributed by atoms with Gasteiger partial charge in [-0.3, -0.25) is 4.99 Å². The number of aliphatic imine (C=N–C) groups is 1. The van der Waals surface area contributed by atoms with E-state index in [4.69, 9.17) is 0 Å². The second kappa shape index (κ2) is 6.56. The predicted molar refractivity (Wildman–Crippen MR) is 85.9 cm³/mol. The SMILES string of the molecule is CSC1(CNC2=NCC(CC(C)C)S2)CCCC1. The zero-order valence-corrected chi connectivity index (χ0v) is 13.5. The lowest BCUT2D eigenvalue weighted by Crippen LogP contribution is -2.37. The monoisotopic (exact) mass is 286 g/mol. The first-order valence-corrected chi connectivity index (χ1v) is 9.24. The van der Waals surface area contributed by atoms with Crippen molar-refractivity contribution < 1.29 is 0 Å². The maximum absolute atomic E-state index is 4.66. The van der Waals surface area contributed by atoms with E-state index in [1.165, 1.54) is 37.3 Å². The number of hydrogen-bond donors (Lipinski definition) is 1. The van der Waals surface area contributed by atoms with Crippen molar-refractivity contribution in [3.8, 4) is 0 Å². The van der Waals surface area contributed by atoms with Crippen molar-refractivity contribution in [3.63, 3.8) is 0 Å². The highest BCUT2D eigenvalue weighted by atomic mass is 32.2. The van der Waals surface area contributed by atoms with Crippen molar-refractivity contribution in [1.82, 2.24) is 5.32 Å². The minimum absolute atomic E-state index is 0.485. The molecule has 0 aromatic carbocycles. The van der Waals surface area contributed by atoms with Crippen molar-refractivity contribution in [2.45, 2.75) is 55.9 Å². The molecule has 2 rings (SSSR count). The van der Waals surface area contributed by atoms with Crippen molar-refractivity contribution in [3.05, 3.63) is 0 Å². The van der Waals surface area contributed by atoms with Gasteiger partial charge < -0.3 is 5.32 Å². The highest BCUT2D eigenvalue weighted by Gasteiger charge is 2.33. The number of rotatable bonds is 5. The third-order valence-electron chi connectivity index (χ3n) is 3.96. The van der Waals surface area contributed by atoms with Crippen LogP contribution in [0.5, 0.6) is 0 Å². The van der Waals surface area contributed by atoms with Crippen LogP contribution in [0.25, 0.3) is 0 Å². The molecule has 0 aromatic rings. The summed E-state index contributed by atoms with van der Waals surface area (Å²) >= 11 is 4.01. The molecule has 0 saturated heterocycles. The van der Waals surface area contributed by atoms with Crippen LogP contribution in [0.3, 0.4) is 0 Å². The van der Waals surface area contributed by atoms with Gasteiger partial charge >= 0.3 is 0 Å². The lowest BCUT2D eigenvalue weighted by Gasteiger charge is -2.27. The molecule has 1 unspecified atom stereocenters. The maximum atomic E-state index is 4.66. The summed E-state index contributed by atoms with van der Waals surface area (Å²) in [5.74, 6) is 0.782. The van der Waals surface area contributed by atoms with Crippen LogP contribution >= 0.6 is 23.5 Å². The summed E-state index contributed by atoms with van der Waals surface area (Å²) in [6, 6.07) is 0. The van der Waals surface area contributed by atoms with Gasteiger partial charge in [-0.15, -0.1) is 0 Å². The number of thioether (sulfide) groups is 2. The van der Waals surface area contributed by atoms with Gasteiger partial charge in [0.2, 0.25) is 0 Å². The zero-order valence-electron chi connectivity index (χ0n) is 11.9.